The summed E-state index contributed by atoms with van der Waals surface area (Å²) in [5.41, 5.74) is -3.57. The van der Waals surface area contributed by atoms with Gasteiger partial charge in [0.1, 0.15) is 11.4 Å². The number of rotatable bonds is 7. The number of nitrogens with one attached hydrogen (secondary N) is 1. The van der Waals surface area contributed by atoms with Gasteiger partial charge >= 0.3 is 18.0 Å². The molecule has 0 saturated carbocycles. The quantitative estimate of drug-likeness (QED) is 0.252. The summed E-state index contributed by atoms with van der Waals surface area (Å²) < 4.78 is 94.3. The van der Waals surface area contributed by atoms with E-state index in [0.717, 1.165) is 16.8 Å². The molecular weight excluding hydrogens is 648 g/mol. The second-order valence-electron chi connectivity index (χ2n) is 8.33. The zero-order chi connectivity index (χ0) is 31.2. The first-order valence-electron chi connectivity index (χ1n) is 11.0. The summed E-state index contributed by atoms with van der Waals surface area (Å²) in [6, 6.07) is 6.22. The van der Waals surface area contributed by atoms with Crippen LogP contribution in [0.3, 0.4) is 0 Å². The van der Waals surface area contributed by atoms with Crippen molar-refractivity contribution in [2.24, 2.45) is 5.73 Å². The highest BCUT2D eigenvalue weighted by Gasteiger charge is 2.75. The van der Waals surface area contributed by atoms with E-state index >= 15 is 0 Å². The van der Waals surface area contributed by atoms with Crippen LogP contribution >= 0.6 is 34.8 Å². The van der Waals surface area contributed by atoms with Crippen LogP contribution in [0.25, 0.3) is 5.82 Å². The molecule has 20 heteroatoms. The molecule has 4 aromatic rings. The lowest BCUT2D eigenvalue weighted by Gasteiger charge is -2.27. The fraction of sp³-hybridized carbons (Fsp3) is 0.182. The zero-order valence-electron chi connectivity index (χ0n) is 20.1. The van der Waals surface area contributed by atoms with E-state index in [4.69, 9.17) is 40.5 Å². The SMILES string of the molecule is NC(=O)c1cc(Cl)cc(Cl)c1NC(=O)c1cc(Cn2cc(C(F)(C(F)(F)F)C(F)(F)F)nn2)nn1-c1ncccc1Cl. The van der Waals surface area contributed by atoms with Crippen LogP contribution in [0.5, 0.6) is 0 Å². The lowest BCUT2D eigenvalue weighted by Crippen LogP contribution is -2.50. The Morgan fingerprint density at radius 1 is 0.976 bits per heavy atom. The Bertz CT molecular complexity index is 1670. The Morgan fingerprint density at radius 3 is 2.24 bits per heavy atom. The minimum absolute atomic E-state index is 0.0239. The lowest BCUT2D eigenvalue weighted by atomic mass is 10.0. The normalized spacial score (nSPS) is 12.4. The second kappa shape index (κ2) is 11.0. The Labute approximate surface area is 244 Å². The van der Waals surface area contributed by atoms with E-state index in [9.17, 15) is 40.3 Å². The molecular formula is C22H12Cl3F7N8O2. The average Bonchev–Trinajstić information content (AvgIpc) is 3.51. The van der Waals surface area contributed by atoms with Crippen LogP contribution in [-0.2, 0) is 12.2 Å². The van der Waals surface area contributed by atoms with Gasteiger partial charge < -0.3 is 11.1 Å². The number of pyridine rings is 1. The van der Waals surface area contributed by atoms with Crippen molar-refractivity contribution < 1.29 is 40.3 Å². The smallest absolute Gasteiger partial charge is 0.366 e. The minimum atomic E-state index is -6.40. The van der Waals surface area contributed by atoms with Crippen molar-refractivity contribution in [1.29, 1.82) is 0 Å². The number of amides is 2. The van der Waals surface area contributed by atoms with Gasteiger partial charge in [-0.15, -0.1) is 5.10 Å². The summed E-state index contributed by atoms with van der Waals surface area (Å²) >= 11 is 18.2. The Hall–Kier alpha value is -3.96. The molecule has 0 radical (unpaired) electrons. The van der Waals surface area contributed by atoms with Gasteiger partial charge in [0.2, 0.25) is 0 Å². The summed E-state index contributed by atoms with van der Waals surface area (Å²) in [4.78, 5) is 29.3. The van der Waals surface area contributed by atoms with Crippen molar-refractivity contribution in [2.75, 3.05) is 5.32 Å². The molecule has 0 unspecified atom stereocenters. The van der Waals surface area contributed by atoms with Gasteiger partial charge in [-0.05, 0) is 30.3 Å². The predicted molar refractivity (Wildman–Crippen MR) is 133 cm³/mol. The van der Waals surface area contributed by atoms with Gasteiger partial charge in [-0.25, -0.2) is 18.7 Å². The molecule has 2 amide bonds. The number of nitrogens with two attached hydrogens (primary N) is 1. The highest BCUT2D eigenvalue weighted by Crippen LogP contribution is 2.52. The molecule has 0 saturated heterocycles. The topological polar surface area (TPSA) is 134 Å². The van der Waals surface area contributed by atoms with Crippen LogP contribution in [0.15, 0.2) is 42.7 Å². The molecule has 0 aliphatic carbocycles. The molecule has 0 spiro atoms. The van der Waals surface area contributed by atoms with E-state index in [0.29, 0.717) is 4.68 Å². The number of hydrogen-bond donors (Lipinski definition) is 2. The molecule has 10 nitrogen and oxygen atoms in total. The Kier molecular flexibility index (Phi) is 8.14. The summed E-state index contributed by atoms with van der Waals surface area (Å²) in [5, 5.41) is 12.2. The van der Waals surface area contributed by atoms with Crippen LogP contribution in [0, 0.1) is 0 Å². The first kappa shape index (κ1) is 31.0. The number of carbonyl (C=O) groups is 2. The van der Waals surface area contributed by atoms with E-state index in [2.05, 4.69) is 25.7 Å². The Morgan fingerprint density at radius 2 is 1.64 bits per heavy atom. The molecule has 4 rings (SSSR count). The van der Waals surface area contributed by atoms with Crippen molar-refractivity contribution in [1.82, 2.24) is 29.8 Å². The van der Waals surface area contributed by atoms with Crippen LogP contribution in [0.4, 0.5) is 36.4 Å². The molecule has 42 heavy (non-hydrogen) atoms. The zero-order valence-corrected chi connectivity index (χ0v) is 22.4. The third-order valence-electron chi connectivity index (χ3n) is 5.49. The molecule has 0 bridgehead atoms. The largest absolute Gasteiger partial charge is 0.437 e. The minimum Gasteiger partial charge on any atom is -0.366 e. The highest BCUT2D eigenvalue weighted by atomic mass is 35.5. The summed E-state index contributed by atoms with van der Waals surface area (Å²) in [5.74, 6) is -2.11. The van der Waals surface area contributed by atoms with E-state index in [-0.39, 0.29) is 49.7 Å². The van der Waals surface area contributed by atoms with Crippen molar-refractivity contribution in [2.45, 2.75) is 24.6 Å². The second-order valence-corrected chi connectivity index (χ2v) is 9.58. The number of benzene rings is 1. The number of primary amides is 1. The fourth-order valence-corrected chi connectivity index (χ4v) is 4.33. The number of hydrogen-bond acceptors (Lipinski definition) is 6. The molecule has 0 aliphatic rings. The monoisotopic (exact) mass is 658 g/mol. The highest BCUT2D eigenvalue weighted by molar-refractivity contribution is 6.38. The van der Waals surface area contributed by atoms with Crippen molar-refractivity contribution in [3.05, 3.63) is 80.4 Å². The number of anilines is 1. The van der Waals surface area contributed by atoms with Crippen LogP contribution in [0.1, 0.15) is 32.2 Å². The van der Waals surface area contributed by atoms with Gasteiger partial charge in [-0.1, -0.05) is 40.0 Å². The van der Waals surface area contributed by atoms with Gasteiger partial charge in [0.05, 0.1) is 39.7 Å². The maximum Gasteiger partial charge on any atom is 0.437 e. The van der Waals surface area contributed by atoms with E-state index in [1.54, 1.807) is 0 Å². The van der Waals surface area contributed by atoms with Gasteiger partial charge in [0.15, 0.2) is 5.82 Å². The van der Waals surface area contributed by atoms with Crippen molar-refractivity contribution in [3.8, 4) is 5.82 Å². The number of alkyl halides is 7. The number of halogens is 10. The fourth-order valence-electron chi connectivity index (χ4n) is 3.59. The standard InChI is InChI=1S/C22H12Cl3F7N8O2/c23-9-4-11(17(33)41)16(13(25)5-9)35-19(42)14-6-10(37-40(14)18-12(24)2-1-3-34-18)7-39-8-15(36-38-39)20(26,21(27,28)29)22(30,31)32/h1-6,8H,7H2,(H2,33,41)(H,35,42). The lowest BCUT2D eigenvalue weighted by molar-refractivity contribution is -0.350. The third kappa shape index (κ3) is 5.71. The molecule has 0 fully saturated rings. The molecule has 222 valence electrons. The van der Waals surface area contributed by atoms with E-state index < -0.39 is 42.1 Å². The van der Waals surface area contributed by atoms with Crippen LogP contribution < -0.4 is 11.1 Å². The van der Waals surface area contributed by atoms with Crippen molar-refractivity contribution in [3.63, 3.8) is 0 Å². The number of carbonyl (C=O) groups excluding carboxylic acids is 2. The van der Waals surface area contributed by atoms with Crippen LogP contribution in [0.2, 0.25) is 15.1 Å². The molecule has 0 atom stereocenters. The summed E-state index contributed by atoms with van der Waals surface area (Å²) in [6.45, 7) is -0.690. The number of nitrogens with zero attached hydrogens (tertiary/aromatic N) is 6. The molecule has 3 heterocycles. The van der Waals surface area contributed by atoms with Gasteiger partial charge in [0.25, 0.3) is 11.8 Å². The van der Waals surface area contributed by atoms with E-state index in [1.807, 2.05) is 0 Å². The van der Waals surface area contributed by atoms with Gasteiger partial charge in [-0.2, -0.15) is 31.4 Å². The summed E-state index contributed by atoms with van der Waals surface area (Å²) in [7, 11) is 0. The maximum absolute atomic E-state index is 14.4. The van der Waals surface area contributed by atoms with Gasteiger partial charge in [-0.3, -0.25) is 9.59 Å². The third-order valence-corrected chi connectivity index (χ3v) is 6.30. The molecule has 1 aromatic carbocycles. The molecule has 0 aliphatic heterocycles. The first-order valence-corrected chi connectivity index (χ1v) is 12.1. The first-order chi connectivity index (χ1) is 19.4. The Balaban J connectivity index is 1.76. The van der Waals surface area contributed by atoms with Crippen molar-refractivity contribution >= 4 is 52.3 Å². The average molecular weight is 660 g/mol. The van der Waals surface area contributed by atoms with Crippen LogP contribution in [-0.4, -0.2) is 53.9 Å². The van der Waals surface area contributed by atoms with Gasteiger partial charge in [0, 0.05) is 11.2 Å². The van der Waals surface area contributed by atoms with E-state index in [1.165, 1.54) is 24.4 Å². The molecule has 3 aromatic heterocycles. The number of aromatic nitrogens is 6. The molecule has 3 N–H and O–H groups in total. The predicted octanol–water partition coefficient (Wildman–Crippen LogP) is 5.51. The maximum atomic E-state index is 14.4. The summed E-state index contributed by atoms with van der Waals surface area (Å²) in [6.07, 6.45) is -11.4.